The Morgan fingerprint density at radius 1 is 1.29 bits per heavy atom. The minimum Gasteiger partial charge on any atom is -0.165 e. The fraction of sp³-hybridized carbons (Fsp3) is 1.00. The van der Waals surface area contributed by atoms with Crippen molar-refractivity contribution in [3.63, 3.8) is 0 Å². The van der Waals surface area contributed by atoms with Gasteiger partial charge in [-0.1, -0.05) is 20.8 Å². The maximum absolute atomic E-state index is 2.43. The van der Waals surface area contributed by atoms with Crippen molar-refractivity contribution in [2.24, 2.45) is 5.92 Å². The minimum atomic E-state index is 0.461. The molecule has 0 aliphatic carbocycles. The van der Waals surface area contributed by atoms with Crippen molar-refractivity contribution >= 4 is 47.0 Å². The number of rotatable bonds is 7. The van der Waals surface area contributed by atoms with Crippen LogP contribution < -0.4 is 0 Å². The van der Waals surface area contributed by atoms with Gasteiger partial charge in [0.25, 0.3) is 0 Å². The first-order chi connectivity index (χ1) is 8.03. The Balaban J connectivity index is 2.24. The molecule has 1 fully saturated rings. The summed E-state index contributed by atoms with van der Waals surface area (Å²) in [5, 5.41) is 0.895. The summed E-state index contributed by atoms with van der Waals surface area (Å²) in [6, 6.07) is 0. The Bertz CT molecular complexity index is 200. The average Bonchev–Trinajstić information content (AvgIpc) is 2.28. The van der Waals surface area contributed by atoms with E-state index in [2.05, 4.69) is 62.3 Å². The zero-order valence-electron chi connectivity index (χ0n) is 11.5. The van der Waals surface area contributed by atoms with E-state index in [-0.39, 0.29) is 0 Å². The SMILES string of the molecule is CSCC(C)CSC(C)(C)C[C@@H]1CSCCS1. The minimum absolute atomic E-state index is 0.461. The van der Waals surface area contributed by atoms with Crippen LogP contribution in [0.3, 0.4) is 0 Å². The van der Waals surface area contributed by atoms with Crippen molar-refractivity contribution in [1.29, 1.82) is 0 Å². The summed E-state index contributed by atoms with van der Waals surface area (Å²) in [7, 11) is 0. The van der Waals surface area contributed by atoms with Gasteiger partial charge >= 0.3 is 0 Å². The third-order valence-corrected chi connectivity index (χ3v) is 8.25. The van der Waals surface area contributed by atoms with Gasteiger partial charge in [0.15, 0.2) is 0 Å². The standard InChI is InChI=1S/C13H26S4/c1-11(8-14-4)9-17-13(2,3)7-12-10-15-5-6-16-12/h11-12H,5-10H2,1-4H3/t11?,12-/m1/s1. The molecule has 0 amide bonds. The molecule has 1 heterocycles. The van der Waals surface area contributed by atoms with Crippen LogP contribution in [-0.4, -0.2) is 45.0 Å². The quantitative estimate of drug-likeness (QED) is 0.666. The van der Waals surface area contributed by atoms with E-state index in [9.17, 15) is 0 Å². The molecule has 1 rings (SSSR count). The van der Waals surface area contributed by atoms with Crippen molar-refractivity contribution in [2.75, 3.05) is 35.0 Å². The molecule has 4 heteroatoms. The zero-order chi connectivity index (χ0) is 12.7. The number of hydrogen-bond acceptors (Lipinski definition) is 4. The number of hydrogen-bond donors (Lipinski definition) is 0. The van der Waals surface area contributed by atoms with E-state index in [1.54, 1.807) is 0 Å². The molecule has 2 atom stereocenters. The lowest BCUT2D eigenvalue weighted by molar-refractivity contribution is 0.633. The van der Waals surface area contributed by atoms with E-state index < -0.39 is 0 Å². The topological polar surface area (TPSA) is 0 Å². The van der Waals surface area contributed by atoms with Crippen LogP contribution >= 0.6 is 47.0 Å². The summed E-state index contributed by atoms with van der Waals surface area (Å²) in [4.78, 5) is 0. The first-order valence-electron chi connectivity index (χ1n) is 6.36. The highest BCUT2D eigenvalue weighted by Gasteiger charge is 2.26. The first-order valence-corrected chi connectivity index (χ1v) is 10.9. The van der Waals surface area contributed by atoms with E-state index in [4.69, 9.17) is 0 Å². The second-order valence-corrected chi connectivity index (χ2v) is 10.6. The predicted octanol–water partition coefficient (Wildman–Crippen LogP) is 4.74. The van der Waals surface area contributed by atoms with Crippen LogP contribution in [0.15, 0.2) is 0 Å². The third-order valence-electron chi connectivity index (χ3n) is 2.81. The molecular weight excluding hydrogens is 284 g/mol. The molecule has 1 unspecified atom stereocenters. The van der Waals surface area contributed by atoms with Crippen LogP contribution in [0, 0.1) is 5.92 Å². The van der Waals surface area contributed by atoms with Gasteiger partial charge in [0.05, 0.1) is 0 Å². The van der Waals surface area contributed by atoms with Crippen molar-refractivity contribution in [1.82, 2.24) is 0 Å². The van der Waals surface area contributed by atoms with E-state index in [1.165, 1.54) is 35.2 Å². The first kappa shape index (κ1) is 16.5. The number of thioether (sulfide) groups is 4. The van der Waals surface area contributed by atoms with Gasteiger partial charge in [-0.2, -0.15) is 47.0 Å². The molecule has 0 saturated carbocycles. The highest BCUT2D eigenvalue weighted by atomic mass is 32.2. The van der Waals surface area contributed by atoms with Crippen molar-refractivity contribution in [2.45, 2.75) is 37.2 Å². The van der Waals surface area contributed by atoms with Gasteiger partial charge in [0.1, 0.15) is 0 Å². The molecular formula is C13H26S4. The second kappa shape index (κ2) is 8.55. The highest BCUT2D eigenvalue weighted by Crippen LogP contribution is 2.37. The normalized spacial score (nSPS) is 23.6. The van der Waals surface area contributed by atoms with Gasteiger partial charge in [0, 0.05) is 27.3 Å². The summed E-state index contributed by atoms with van der Waals surface area (Å²) in [5.74, 6) is 7.56. The lowest BCUT2D eigenvalue weighted by atomic mass is 10.1. The summed E-state index contributed by atoms with van der Waals surface area (Å²) in [6.07, 6.45) is 3.59. The second-order valence-electron chi connectivity index (χ2n) is 5.40. The molecule has 0 N–H and O–H groups in total. The van der Waals surface area contributed by atoms with Gasteiger partial charge in [-0.15, -0.1) is 0 Å². The van der Waals surface area contributed by atoms with Crippen LogP contribution in [-0.2, 0) is 0 Å². The summed E-state index contributed by atoms with van der Waals surface area (Å²) >= 11 is 8.50. The van der Waals surface area contributed by atoms with Crippen LogP contribution in [0.5, 0.6) is 0 Å². The summed E-state index contributed by atoms with van der Waals surface area (Å²) < 4.78 is 0.461. The van der Waals surface area contributed by atoms with Gasteiger partial charge in [-0.3, -0.25) is 0 Å². The molecule has 17 heavy (non-hydrogen) atoms. The summed E-state index contributed by atoms with van der Waals surface area (Å²) in [5.41, 5.74) is 0. The van der Waals surface area contributed by atoms with Crippen molar-refractivity contribution in [3.8, 4) is 0 Å². The Kier molecular flexibility index (Phi) is 8.27. The molecule has 0 bridgehead atoms. The Hall–Kier alpha value is 1.40. The van der Waals surface area contributed by atoms with Crippen molar-refractivity contribution in [3.05, 3.63) is 0 Å². The molecule has 102 valence electrons. The monoisotopic (exact) mass is 310 g/mol. The highest BCUT2D eigenvalue weighted by molar-refractivity contribution is 8.06. The van der Waals surface area contributed by atoms with Gasteiger partial charge in [-0.05, 0) is 30.1 Å². The zero-order valence-corrected chi connectivity index (χ0v) is 14.8. The third kappa shape index (κ3) is 7.54. The average molecular weight is 311 g/mol. The predicted molar refractivity (Wildman–Crippen MR) is 92.3 cm³/mol. The van der Waals surface area contributed by atoms with Crippen molar-refractivity contribution < 1.29 is 0 Å². The van der Waals surface area contributed by atoms with E-state index >= 15 is 0 Å². The Morgan fingerprint density at radius 2 is 2.06 bits per heavy atom. The summed E-state index contributed by atoms with van der Waals surface area (Å²) in [6.45, 7) is 7.25. The van der Waals surface area contributed by atoms with Gasteiger partial charge in [-0.25, -0.2) is 0 Å². The molecule has 1 saturated heterocycles. The molecule has 0 spiro atoms. The lowest BCUT2D eigenvalue weighted by Crippen LogP contribution is -2.26. The van der Waals surface area contributed by atoms with E-state index in [0.29, 0.717) is 4.75 Å². The van der Waals surface area contributed by atoms with Crippen LogP contribution in [0.1, 0.15) is 27.2 Å². The molecule has 0 nitrogen and oxygen atoms in total. The van der Waals surface area contributed by atoms with Crippen LogP contribution in [0.4, 0.5) is 0 Å². The fourth-order valence-electron chi connectivity index (χ4n) is 1.96. The molecule has 0 radical (unpaired) electrons. The maximum atomic E-state index is 2.43. The smallest absolute Gasteiger partial charge is 0.0151 e. The van der Waals surface area contributed by atoms with E-state index in [1.807, 2.05) is 11.8 Å². The molecule has 0 aromatic heterocycles. The largest absolute Gasteiger partial charge is 0.165 e. The fourth-order valence-corrected chi connectivity index (χ4v) is 7.02. The molecule has 0 aromatic rings. The van der Waals surface area contributed by atoms with Crippen LogP contribution in [0.2, 0.25) is 0 Å². The van der Waals surface area contributed by atoms with Gasteiger partial charge in [0.2, 0.25) is 0 Å². The molecule has 1 aliphatic heterocycles. The van der Waals surface area contributed by atoms with E-state index in [0.717, 1.165) is 11.2 Å². The van der Waals surface area contributed by atoms with Crippen LogP contribution in [0.25, 0.3) is 0 Å². The Labute approximate surface area is 125 Å². The van der Waals surface area contributed by atoms with Gasteiger partial charge < -0.3 is 0 Å². The maximum Gasteiger partial charge on any atom is 0.0151 e. The Morgan fingerprint density at radius 3 is 2.65 bits per heavy atom. The molecule has 0 aromatic carbocycles. The molecule has 1 aliphatic rings. The lowest BCUT2D eigenvalue weighted by Gasteiger charge is -2.31.